The van der Waals surface area contributed by atoms with Crippen LogP contribution in [0.15, 0.2) is 12.1 Å². The first-order valence-corrected chi connectivity index (χ1v) is 8.27. The summed E-state index contributed by atoms with van der Waals surface area (Å²) in [6.07, 6.45) is 0.725. The van der Waals surface area contributed by atoms with Gasteiger partial charge < -0.3 is 9.84 Å². The zero-order chi connectivity index (χ0) is 20.1. The monoisotopic (exact) mass is 363 g/mol. The fourth-order valence-corrected chi connectivity index (χ4v) is 3.01. The molecular weight excluding hydrogens is 338 g/mol. The van der Waals surface area contributed by atoms with Crippen molar-refractivity contribution in [1.82, 2.24) is 5.32 Å². The zero-order valence-corrected chi connectivity index (χ0v) is 15.8. The van der Waals surface area contributed by atoms with Gasteiger partial charge in [-0.15, -0.1) is 0 Å². The predicted molar refractivity (Wildman–Crippen MR) is 94.9 cm³/mol. The Morgan fingerprint density at radius 3 is 2.08 bits per heavy atom. The van der Waals surface area contributed by atoms with Crippen molar-refractivity contribution < 1.29 is 29.0 Å². The number of nitrogens with one attached hydrogen (secondary N) is 1. The smallest absolute Gasteiger partial charge is 0.308 e. The minimum atomic E-state index is -0.876. The highest BCUT2D eigenvalue weighted by atomic mass is 16.5. The number of aliphatic carboxylic acids is 1. The van der Waals surface area contributed by atoms with E-state index in [0.29, 0.717) is 18.6 Å². The molecule has 1 heterocycles. The molecule has 1 aliphatic rings. The van der Waals surface area contributed by atoms with Gasteiger partial charge in [-0.3, -0.25) is 24.5 Å². The number of ether oxygens (including phenoxy) is 1. The number of carbonyl (C=O) groups is 4. The Labute approximate surface area is 152 Å². The molecule has 0 saturated carbocycles. The van der Waals surface area contributed by atoms with Gasteiger partial charge in [-0.05, 0) is 31.0 Å². The zero-order valence-electron chi connectivity index (χ0n) is 15.8. The van der Waals surface area contributed by atoms with Gasteiger partial charge in [-0.1, -0.05) is 19.9 Å². The average molecular weight is 363 g/mol. The molecule has 1 saturated heterocycles. The molecule has 0 unspecified atom stereocenters. The summed E-state index contributed by atoms with van der Waals surface area (Å²) in [5, 5.41) is 11.2. The molecule has 0 radical (unpaired) electrons. The van der Waals surface area contributed by atoms with Gasteiger partial charge in [-0.2, -0.15) is 0 Å². The molecule has 142 valence electrons. The molecule has 1 aromatic carbocycles. The summed E-state index contributed by atoms with van der Waals surface area (Å²) in [5.74, 6) is -1.12. The molecule has 0 spiro atoms. The van der Waals surface area contributed by atoms with E-state index in [9.17, 15) is 19.2 Å². The molecule has 0 aromatic heterocycles. The fraction of sp³-hybridized carbons (Fsp3) is 0.474. The van der Waals surface area contributed by atoms with Crippen LogP contribution in [-0.2, 0) is 24.6 Å². The predicted octanol–water partition coefficient (Wildman–Crippen LogP) is 2.40. The third-order valence-electron chi connectivity index (χ3n) is 3.83. The number of aryl methyl sites for hydroxylation is 2. The van der Waals surface area contributed by atoms with Gasteiger partial charge >= 0.3 is 11.9 Å². The van der Waals surface area contributed by atoms with Gasteiger partial charge in [-0.25, -0.2) is 0 Å². The second-order valence-corrected chi connectivity index (χ2v) is 6.97. The Morgan fingerprint density at radius 1 is 1.15 bits per heavy atom. The minimum absolute atomic E-state index is 0.0227. The van der Waals surface area contributed by atoms with Gasteiger partial charge in [0.2, 0.25) is 11.8 Å². The quantitative estimate of drug-likeness (QED) is 0.483. The minimum Gasteiger partial charge on any atom is -0.481 e. The number of hydrogen-bond acceptors (Lipinski definition) is 5. The highest BCUT2D eigenvalue weighted by Gasteiger charge is 2.30. The first-order valence-electron chi connectivity index (χ1n) is 8.27. The number of esters is 1. The fourth-order valence-electron chi connectivity index (χ4n) is 3.01. The molecule has 2 rings (SSSR count). The maximum absolute atomic E-state index is 11.2. The topological polar surface area (TPSA) is 110 Å². The maximum atomic E-state index is 11.2. The summed E-state index contributed by atoms with van der Waals surface area (Å²) >= 11 is 0. The third-order valence-corrected chi connectivity index (χ3v) is 3.83. The summed E-state index contributed by atoms with van der Waals surface area (Å²) in [4.78, 5) is 42.4. The number of carbonyl (C=O) groups excluding carboxylic acids is 3. The van der Waals surface area contributed by atoms with E-state index in [-0.39, 0.29) is 18.2 Å². The second kappa shape index (κ2) is 8.60. The van der Waals surface area contributed by atoms with E-state index in [1.807, 2.05) is 33.8 Å². The second-order valence-electron chi connectivity index (χ2n) is 6.97. The van der Waals surface area contributed by atoms with E-state index in [4.69, 9.17) is 9.84 Å². The van der Waals surface area contributed by atoms with Crippen molar-refractivity contribution in [1.29, 1.82) is 0 Å². The van der Waals surface area contributed by atoms with E-state index >= 15 is 0 Å². The van der Waals surface area contributed by atoms with Gasteiger partial charge in [0.05, 0.1) is 6.42 Å². The number of carboxylic acids is 1. The first-order chi connectivity index (χ1) is 11.9. The van der Waals surface area contributed by atoms with Gasteiger partial charge in [0.15, 0.2) is 0 Å². The standard InChI is InChI=1S/C15H20O4.C4H5NO2/c1-9-6-10(2)14(12(7-9)19-11(3)16)15(4,5)8-13(17)18;6-3-1-2-4(7)5-3/h6-7H,8H2,1-5H3,(H,17,18);1-2H2,(H,5,6,7). The molecule has 2 amide bonds. The van der Waals surface area contributed by atoms with Crippen molar-refractivity contribution in [3.05, 3.63) is 28.8 Å². The largest absolute Gasteiger partial charge is 0.481 e. The van der Waals surface area contributed by atoms with Crippen molar-refractivity contribution in [2.45, 2.75) is 59.3 Å². The molecule has 0 bridgehead atoms. The molecule has 2 N–H and O–H groups in total. The van der Waals surface area contributed by atoms with Crippen molar-refractivity contribution in [3.63, 3.8) is 0 Å². The van der Waals surface area contributed by atoms with E-state index < -0.39 is 17.4 Å². The van der Waals surface area contributed by atoms with Crippen LogP contribution in [0.1, 0.15) is 56.7 Å². The Balaban J connectivity index is 0.000000401. The Kier molecular flexibility index (Phi) is 7.06. The molecule has 1 aromatic rings. The number of hydrogen-bond donors (Lipinski definition) is 2. The Morgan fingerprint density at radius 2 is 1.69 bits per heavy atom. The van der Waals surface area contributed by atoms with Gasteiger partial charge in [0, 0.05) is 30.7 Å². The molecule has 0 aliphatic carbocycles. The number of benzene rings is 1. The Bertz CT molecular complexity index is 722. The number of carboxylic acid groups (broad SMARTS) is 1. The molecular formula is C19H25NO6. The van der Waals surface area contributed by atoms with Crippen LogP contribution in [0.3, 0.4) is 0 Å². The highest BCUT2D eigenvalue weighted by molar-refractivity contribution is 6.01. The normalized spacial score (nSPS) is 13.6. The van der Waals surface area contributed by atoms with Crippen LogP contribution in [-0.4, -0.2) is 28.9 Å². The Hall–Kier alpha value is -2.70. The summed E-state index contributed by atoms with van der Waals surface area (Å²) in [6, 6.07) is 3.74. The lowest BCUT2D eigenvalue weighted by Crippen LogP contribution is -2.24. The van der Waals surface area contributed by atoms with Crippen LogP contribution >= 0.6 is 0 Å². The lowest BCUT2D eigenvalue weighted by molar-refractivity contribution is -0.138. The molecule has 7 nitrogen and oxygen atoms in total. The lowest BCUT2D eigenvalue weighted by Gasteiger charge is -2.27. The number of rotatable bonds is 4. The lowest BCUT2D eigenvalue weighted by atomic mass is 9.78. The van der Waals surface area contributed by atoms with Crippen LogP contribution < -0.4 is 10.1 Å². The van der Waals surface area contributed by atoms with E-state index in [0.717, 1.165) is 16.7 Å². The SMILES string of the molecule is CC(=O)Oc1cc(C)cc(C)c1C(C)(C)CC(=O)O.O=C1CCC(=O)N1. The van der Waals surface area contributed by atoms with Gasteiger partial charge in [0.1, 0.15) is 5.75 Å². The van der Waals surface area contributed by atoms with Gasteiger partial charge in [0.25, 0.3) is 0 Å². The highest BCUT2D eigenvalue weighted by Crippen LogP contribution is 2.37. The molecule has 1 fully saturated rings. The number of amides is 2. The van der Waals surface area contributed by atoms with Crippen LogP contribution in [0.4, 0.5) is 0 Å². The van der Waals surface area contributed by atoms with Crippen molar-refractivity contribution >= 4 is 23.8 Å². The molecule has 7 heteroatoms. The molecule has 1 aliphatic heterocycles. The molecule has 0 atom stereocenters. The number of imide groups is 1. The summed E-state index contributed by atoms with van der Waals surface area (Å²) in [5.41, 5.74) is 2.08. The first kappa shape index (κ1) is 21.3. The van der Waals surface area contributed by atoms with E-state index in [1.54, 1.807) is 6.07 Å². The van der Waals surface area contributed by atoms with Crippen LogP contribution in [0.25, 0.3) is 0 Å². The third kappa shape index (κ3) is 6.31. The van der Waals surface area contributed by atoms with E-state index in [1.165, 1.54) is 6.92 Å². The van der Waals surface area contributed by atoms with Crippen LogP contribution in [0.2, 0.25) is 0 Å². The van der Waals surface area contributed by atoms with Crippen LogP contribution in [0.5, 0.6) is 5.75 Å². The van der Waals surface area contributed by atoms with Crippen LogP contribution in [0, 0.1) is 13.8 Å². The maximum Gasteiger partial charge on any atom is 0.308 e. The molecule has 26 heavy (non-hydrogen) atoms. The summed E-state index contributed by atoms with van der Waals surface area (Å²) in [6.45, 7) is 8.83. The van der Waals surface area contributed by atoms with Crippen molar-refractivity contribution in [3.8, 4) is 5.75 Å². The van der Waals surface area contributed by atoms with Crippen molar-refractivity contribution in [2.24, 2.45) is 0 Å². The average Bonchev–Trinajstić information content (AvgIpc) is 2.79. The summed E-state index contributed by atoms with van der Waals surface area (Å²) in [7, 11) is 0. The van der Waals surface area contributed by atoms with E-state index in [2.05, 4.69) is 5.32 Å². The summed E-state index contributed by atoms with van der Waals surface area (Å²) < 4.78 is 5.24. The van der Waals surface area contributed by atoms with Crippen molar-refractivity contribution in [2.75, 3.05) is 0 Å².